The van der Waals surface area contributed by atoms with Crippen LogP contribution in [0.4, 0.5) is 4.79 Å². The SMILES string of the molecule is CC(C)NC(=O)N1CCC[C@H](c2cccc(C(=O)NCCCN3CCCCC3)c2)C1. The van der Waals surface area contributed by atoms with E-state index in [1.807, 2.05) is 36.9 Å². The molecule has 0 radical (unpaired) electrons. The molecule has 2 N–H and O–H groups in total. The summed E-state index contributed by atoms with van der Waals surface area (Å²) in [5.74, 6) is 0.282. The predicted octanol–water partition coefficient (Wildman–Crippen LogP) is 3.59. The summed E-state index contributed by atoms with van der Waals surface area (Å²) in [4.78, 5) is 29.4. The van der Waals surface area contributed by atoms with Crippen LogP contribution in [-0.4, -0.2) is 67.0 Å². The lowest BCUT2D eigenvalue weighted by Crippen LogP contribution is -2.47. The molecular formula is C24H38N4O2. The molecule has 6 nitrogen and oxygen atoms in total. The lowest BCUT2D eigenvalue weighted by atomic mass is 9.89. The van der Waals surface area contributed by atoms with Gasteiger partial charge >= 0.3 is 6.03 Å². The molecular weight excluding hydrogens is 376 g/mol. The van der Waals surface area contributed by atoms with Gasteiger partial charge < -0.3 is 20.4 Å². The van der Waals surface area contributed by atoms with Crippen molar-refractivity contribution in [1.82, 2.24) is 20.4 Å². The minimum absolute atomic E-state index is 0.000658. The Balaban J connectivity index is 1.49. The first-order chi connectivity index (χ1) is 14.5. The number of rotatable bonds is 7. The van der Waals surface area contributed by atoms with Gasteiger partial charge in [-0.2, -0.15) is 0 Å². The standard InChI is InChI=1S/C24H38N4O2/c1-19(2)26-24(30)28-16-7-11-22(18-28)20-9-6-10-21(17-20)23(29)25-12-8-15-27-13-4-3-5-14-27/h6,9-10,17,19,22H,3-5,7-8,11-16,18H2,1-2H3,(H,25,29)(H,26,30)/t22-/m0/s1. The van der Waals surface area contributed by atoms with E-state index in [1.165, 1.54) is 32.4 Å². The second-order valence-corrected chi connectivity index (χ2v) is 9.03. The minimum Gasteiger partial charge on any atom is -0.352 e. The minimum atomic E-state index is 0.000658. The summed E-state index contributed by atoms with van der Waals surface area (Å²) in [5.41, 5.74) is 1.87. The molecule has 2 aliphatic rings. The van der Waals surface area contributed by atoms with Crippen LogP contribution in [0, 0.1) is 0 Å². The molecule has 0 bridgehead atoms. The predicted molar refractivity (Wildman–Crippen MR) is 121 cm³/mol. The van der Waals surface area contributed by atoms with Crippen molar-refractivity contribution in [3.8, 4) is 0 Å². The van der Waals surface area contributed by atoms with Crippen molar-refractivity contribution in [2.75, 3.05) is 39.3 Å². The number of carbonyl (C=O) groups is 2. The molecule has 3 rings (SSSR count). The summed E-state index contributed by atoms with van der Waals surface area (Å²) >= 11 is 0. The van der Waals surface area contributed by atoms with E-state index >= 15 is 0 Å². The Kier molecular flexibility index (Phi) is 8.55. The van der Waals surface area contributed by atoms with Gasteiger partial charge in [-0.05, 0) is 83.3 Å². The van der Waals surface area contributed by atoms with Crippen molar-refractivity contribution in [2.24, 2.45) is 0 Å². The molecule has 6 heteroatoms. The molecule has 0 aromatic heterocycles. The molecule has 2 heterocycles. The molecule has 2 saturated heterocycles. The van der Waals surface area contributed by atoms with Crippen molar-refractivity contribution in [3.63, 3.8) is 0 Å². The average molecular weight is 415 g/mol. The van der Waals surface area contributed by atoms with Crippen molar-refractivity contribution in [2.45, 2.75) is 64.3 Å². The van der Waals surface area contributed by atoms with Crippen LogP contribution in [0.3, 0.4) is 0 Å². The average Bonchev–Trinajstić information content (AvgIpc) is 2.77. The topological polar surface area (TPSA) is 64.7 Å². The van der Waals surface area contributed by atoms with E-state index in [2.05, 4.69) is 21.6 Å². The van der Waals surface area contributed by atoms with Crippen LogP contribution in [0.15, 0.2) is 24.3 Å². The van der Waals surface area contributed by atoms with E-state index in [0.29, 0.717) is 18.7 Å². The van der Waals surface area contributed by atoms with Crippen molar-refractivity contribution in [3.05, 3.63) is 35.4 Å². The maximum Gasteiger partial charge on any atom is 0.317 e. The summed E-state index contributed by atoms with van der Waals surface area (Å²) in [6, 6.07) is 8.09. The Morgan fingerprint density at radius 2 is 1.90 bits per heavy atom. The number of likely N-dealkylation sites (tertiary alicyclic amines) is 2. The fraction of sp³-hybridized carbons (Fsp3) is 0.667. The monoisotopic (exact) mass is 414 g/mol. The van der Waals surface area contributed by atoms with Crippen molar-refractivity contribution < 1.29 is 9.59 Å². The normalized spacial score (nSPS) is 20.2. The number of hydrogen-bond donors (Lipinski definition) is 2. The zero-order chi connectivity index (χ0) is 21.3. The molecule has 3 amide bonds. The van der Waals surface area contributed by atoms with E-state index in [1.54, 1.807) is 0 Å². The highest BCUT2D eigenvalue weighted by Gasteiger charge is 2.25. The molecule has 2 aliphatic heterocycles. The first-order valence-electron chi connectivity index (χ1n) is 11.7. The fourth-order valence-electron chi connectivity index (χ4n) is 4.50. The molecule has 0 spiro atoms. The molecule has 30 heavy (non-hydrogen) atoms. The van der Waals surface area contributed by atoms with E-state index in [-0.39, 0.29) is 23.9 Å². The summed E-state index contributed by atoms with van der Waals surface area (Å²) in [6.07, 6.45) is 6.99. The maximum atomic E-state index is 12.6. The third-order valence-corrected chi connectivity index (χ3v) is 6.13. The lowest BCUT2D eigenvalue weighted by Gasteiger charge is -2.33. The summed E-state index contributed by atoms with van der Waals surface area (Å²) in [5, 5.41) is 6.06. The van der Waals surface area contributed by atoms with E-state index in [4.69, 9.17) is 0 Å². The van der Waals surface area contributed by atoms with Crippen LogP contribution < -0.4 is 10.6 Å². The zero-order valence-corrected chi connectivity index (χ0v) is 18.7. The number of amides is 3. The van der Waals surface area contributed by atoms with Gasteiger partial charge in [0.25, 0.3) is 5.91 Å². The van der Waals surface area contributed by atoms with Gasteiger partial charge in [-0.1, -0.05) is 18.6 Å². The number of hydrogen-bond acceptors (Lipinski definition) is 3. The number of urea groups is 1. The van der Waals surface area contributed by atoms with Gasteiger partial charge in [0.05, 0.1) is 0 Å². The first-order valence-corrected chi connectivity index (χ1v) is 11.7. The summed E-state index contributed by atoms with van der Waals surface area (Å²) in [7, 11) is 0. The Labute approximate surface area is 181 Å². The molecule has 1 atom stereocenters. The Bertz CT molecular complexity index is 700. The number of carbonyl (C=O) groups excluding carboxylic acids is 2. The molecule has 0 saturated carbocycles. The van der Waals surface area contributed by atoms with Crippen LogP contribution in [-0.2, 0) is 0 Å². The number of benzene rings is 1. The number of nitrogens with one attached hydrogen (secondary N) is 2. The van der Waals surface area contributed by atoms with E-state index in [0.717, 1.165) is 37.9 Å². The summed E-state index contributed by atoms with van der Waals surface area (Å²) in [6.45, 7) is 9.64. The smallest absolute Gasteiger partial charge is 0.317 e. The van der Waals surface area contributed by atoms with Gasteiger partial charge in [-0.15, -0.1) is 0 Å². The largest absolute Gasteiger partial charge is 0.352 e. The van der Waals surface area contributed by atoms with Gasteiger partial charge in [0.2, 0.25) is 0 Å². The van der Waals surface area contributed by atoms with Crippen LogP contribution in [0.2, 0.25) is 0 Å². The van der Waals surface area contributed by atoms with Crippen LogP contribution in [0.5, 0.6) is 0 Å². The van der Waals surface area contributed by atoms with Crippen LogP contribution >= 0.6 is 0 Å². The highest BCUT2D eigenvalue weighted by molar-refractivity contribution is 5.94. The van der Waals surface area contributed by atoms with Gasteiger partial charge in [-0.25, -0.2) is 4.79 Å². The van der Waals surface area contributed by atoms with Crippen LogP contribution in [0.1, 0.15) is 74.2 Å². The Morgan fingerprint density at radius 3 is 2.67 bits per heavy atom. The number of piperidine rings is 2. The van der Waals surface area contributed by atoms with Gasteiger partial charge in [0.15, 0.2) is 0 Å². The highest BCUT2D eigenvalue weighted by atomic mass is 16.2. The highest BCUT2D eigenvalue weighted by Crippen LogP contribution is 2.27. The Morgan fingerprint density at radius 1 is 1.10 bits per heavy atom. The third-order valence-electron chi connectivity index (χ3n) is 6.13. The second kappa shape index (κ2) is 11.3. The van der Waals surface area contributed by atoms with Gasteiger partial charge in [-0.3, -0.25) is 4.79 Å². The molecule has 0 unspecified atom stereocenters. The molecule has 166 valence electrons. The lowest BCUT2D eigenvalue weighted by molar-refractivity contribution is 0.0950. The fourth-order valence-corrected chi connectivity index (χ4v) is 4.50. The van der Waals surface area contributed by atoms with Gasteiger partial charge in [0.1, 0.15) is 0 Å². The molecule has 2 fully saturated rings. The second-order valence-electron chi connectivity index (χ2n) is 9.03. The molecule has 0 aliphatic carbocycles. The zero-order valence-electron chi connectivity index (χ0n) is 18.7. The number of nitrogens with zero attached hydrogens (tertiary/aromatic N) is 2. The third kappa shape index (κ3) is 6.73. The van der Waals surface area contributed by atoms with Gasteiger partial charge in [0, 0.05) is 37.2 Å². The van der Waals surface area contributed by atoms with E-state index < -0.39 is 0 Å². The molecule has 1 aromatic carbocycles. The quantitative estimate of drug-likeness (QED) is 0.670. The molecule has 1 aromatic rings. The maximum absolute atomic E-state index is 12.6. The Hall–Kier alpha value is -2.08. The van der Waals surface area contributed by atoms with E-state index in [9.17, 15) is 9.59 Å². The van der Waals surface area contributed by atoms with Crippen molar-refractivity contribution in [1.29, 1.82) is 0 Å². The van der Waals surface area contributed by atoms with Crippen molar-refractivity contribution >= 4 is 11.9 Å². The summed E-state index contributed by atoms with van der Waals surface area (Å²) < 4.78 is 0. The van der Waals surface area contributed by atoms with Crippen LogP contribution in [0.25, 0.3) is 0 Å². The first kappa shape index (κ1) is 22.6.